The summed E-state index contributed by atoms with van der Waals surface area (Å²) in [4.78, 5) is 56.6. The van der Waals surface area contributed by atoms with Crippen LogP contribution >= 0.6 is 15.9 Å². The molecule has 4 aliphatic heterocycles. The van der Waals surface area contributed by atoms with Gasteiger partial charge in [-0.1, -0.05) is 18.2 Å². The second kappa shape index (κ2) is 13.4. The Hall–Kier alpha value is -4.03. The van der Waals surface area contributed by atoms with E-state index in [1.807, 2.05) is 24.0 Å². The number of carbonyl (C=O) groups excluding carboxylic acids is 3. The van der Waals surface area contributed by atoms with Crippen molar-refractivity contribution in [2.45, 2.75) is 56.9 Å². The Kier molecular flexibility index (Phi) is 9.12. The van der Waals surface area contributed by atoms with Crippen LogP contribution in [0.2, 0.25) is 0 Å². The van der Waals surface area contributed by atoms with Gasteiger partial charge >= 0.3 is 0 Å². The molecule has 3 atom stereocenters. The number of aromatic nitrogens is 2. The van der Waals surface area contributed by atoms with Gasteiger partial charge in [0.05, 0.1) is 17.8 Å². The van der Waals surface area contributed by atoms with Gasteiger partial charge in [-0.05, 0) is 102 Å². The molecule has 0 bridgehead atoms. The molecule has 12 heteroatoms. The maximum atomic E-state index is 13.5. The summed E-state index contributed by atoms with van der Waals surface area (Å²) in [6, 6.07) is 14.6. The third kappa shape index (κ3) is 6.77. The van der Waals surface area contributed by atoms with E-state index in [1.54, 1.807) is 13.2 Å². The van der Waals surface area contributed by atoms with Crippen LogP contribution in [-0.4, -0.2) is 89.7 Å². The van der Waals surface area contributed by atoms with Gasteiger partial charge in [0, 0.05) is 75.4 Å². The number of anilines is 2. The van der Waals surface area contributed by atoms with Gasteiger partial charge in [-0.2, -0.15) is 5.10 Å². The minimum absolute atomic E-state index is 0.0977. The highest BCUT2D eigenvalue weighted by atomic mass is 79.9. The van der Waals surface area contributed by atoms with Crippen molar-refractivity contribution < 1.29 is 14.4 Å². The lowest BCUT2D eigenvalue weighted by Gasteiger charge is -2.55. The highest BCUT2D eigenvalue weighted by molar-refractivity contribution is 9.10. The summed E-state index contributed by atoms with van der Waals surface area (Å²) in [5, 5.41) is 10.2. The molecule has 7 rings (SSSR count). The largest absolute Gasteiger partial charge is 0.379 e. The fourth-order valence-corrected chi connectivity index (χ4v) is 8.73. The molecule has 11 nitrogen and oxygen atoms in total. The number of hydrogen-bond acceptors (Lipinski definition) is 8. The summed E-state index contributed by atoms with van der Waals surface area (Å²) in [6.45, 7) is 7.30. The molecule has 0 radical (unpaired) electrons. The summed E-state index contributed by atoms with van der Waals surface area (Å²) in [6.07, 6.45) is 5.51. The molecule has 5 heterocycles. The average molecular weight is 731 g/mol. The van der Waals surface area contributed by atoms with Gasteiger partial charge in [-0.25, -0.2) is 4.68 Å². The first-order chi connectivity index (χ1) is 23.5. The topological polar surface area (TPSA) is 120 Å². The lowest BCUT2D eigenvalue weighted by atomic mass is 9.71. The zero-order valence-electron chi connectivity index (χ0n) is 28.4. The van der Waals surface area contributed by atoms with Crippen molar-refractivity contribution >= 4 is 45.0 Å². The lowest BCUT2D eigenvalue weighted by Crippen LogP contribution is -2.61. The molecular weight excluding hydrogens is 686 g/mol. The number of nitrogens with one attached hydrogen (secondary N) is 2. The summed E-state index contributed by atoms with van der Waals surface area (Å²) in [5.74, 6) is -0.258. The minimum Gasteiger partial charge on any atom is -0.379 e. The van der Waals surface area contributed by atoms with Crippen molar-refractivity contribution in [3.05, 3.63) is 85.7 Å². The van der Waals surface area contributed by atoms with Crippen LogP contribution in [0.5, 0.6) is 0 Å². The van der Waals surface area contributed by atoms with Gasteiger partial charge in [-0.15, -0.1) is 0 Å². The van der Waals surface area contributed by atoms with Gasteiger partial charge < -0.3 is 20.0 Å². The van der Waals surface area contributed by atoms with E-state index >= 15 is 0 Å². The van der Waals surface area contributed by atoms with Crippen molar-refractivity contribution in [2.24, 2.45) is 12.5 Å². The predicted octanol–water partition coefficient (Wildman–Crippen LogP) is 4.01. The molecule has 2 aromatic carbocycles. The monoisotopic (exact) mass is 729 g/mol. The van der Waals surface area contributed by atoms with Gasteiger partial charge in [0.15, 0.2) is 0 Å². The van der Waals surface area contributed by atoms with E-state index in [0.717, 1.165) is 75.2 Å². The molecule has 0 saturated carbocycles. The molecule has 1 spiro atoms. The van der Waals surface area contributed by atoms with Crippen LogP contribution in [0.3, 0.4) is 0 Å². The minimum atomic E-state index is -0.268. The number of benzene rings is 2. The van der Waals surface area contributed by atoms with Gasteiger partial charge in [0.2, 0.25) is 11.8 Å². The van der Waals surface area contributed by atoms with Crippen LogP contribution < -0.4 is 21.1 Å². The highest BCUT2D eigenvalue weighted by Gasteiger charge is 2.45. The van der Waals surface area contributed by atoms with Crippen molar-refractivity contribution in [1.82, 2.24) is 24.9 Å². The van der Waals surface area contributed by atoms with E-state index in [0.29, 0.717) is 28.9 Å². The first kappa shape index (κ1) is 33.5. The van der Waals surface area contributed by atoms with Crippen LogP contribution in [-0.2, 0) is 16.6 Å². The number of imide groups is 1. The molecule has 258 valence electrons. The zero-order valence-corrected chi connectivity index (χ0v) is 30.0. The molecule has 0 aliphatic carbocycles. The second-order valence-corrected chi connectivity index (χ2v) is 15.4. The van der Waals surface area contributed by atoms with E-state index in [2.05, 4.69) is 78.8 Å². The number of piperidine rings is 3. The standard InChI is InChI=1S/C37H44BrN7O4/c1-23-16-28(8-9-29(23)30-10-11-32(46)41-34(30)47)45-21-37(22-45)12-14-44(15-13-37)35(48)25-6-4-24(5-7-25)26-17-27(20-42(2)19-26)40-31-18-39-43(3)36(49)33(31)38/h4-9,16,18,26-27,30,40H,10-15,17,19-22H2,1-3H3,(H,41,46,47)/t26-,27+,30?/m1/s1. The van der Waals surface area contributed by atoms with Gasteiger partial charge in [-0.3, -0.25) is 24.5 Å². The molecule has 2 N–H and O–H groups in total. The van der Waals surface area contributed by atoms with Crippen molar-refractivity contribution in [1.29, 1.82) is 0 Å². The Bertz CT molecular complexity index is 1830. The average Bonchev–Trinajstić information content (AvgIpc) is 3.07. The van der Waals surface area contributed by atoms with Crippen LogP contribution in [0, 0.1) is 12.3 Å². The molecule has 3 aromatic rings. The Morgan fingerprint density at radius 2 is 1.76 bits per heavy atom. The zero-order chi connectivity index (χ0) is 34.4. The molecular formula is C37H44BrN7O4. The molecule has 1 aromatic heterocycles. The third-order valence-corrected chi connectivity index (χ3v) is 11.9. The second-order valence-electron chi connectivity index (χ2n) is 14.6. The number of amides is 3. The van der Waals surface area contributed by atoms with E-state index in [-0.39, 0.29) is 40.7 Å². The maximum absolute atomic E-state index is 13.5. The Morgan fingerprint density at radius 3 is 2.45 bits per heavy atom. The Labute approximate surface area is 295 Å². The molecule has 1 unspecified atom stereocenters. The highest BCUT2D eigenvalue weighted by Crippen LogP contribution is 2.43. The van der Waals surface area contributed by atoms with E-state index in [1.165, 1.54) is 15.9 Å². The van der Waals surface area contributed by atoms with Crippen LogP contribution in [0.15, 0.2) is 57.9 Å². The smallest absolute Gasteiger partial charge is 0.282 e. The number of aryl methyl sites for hydroxylation is 2. The summed E-state index contributed by atoms with van der Waals surface area (Å²) in [5.41, 5.74) is 5.95. The van der Waals surface area contributed by atoms with Crippen molar-refractivity contribution in [3.8, 4) is 0 Å². The number of hydrogen-bond donors (Lipinski definition) is 2. The maximum Gasteiger partial charge on any atom is 0.282 e. The number of carbonyl (C=O) groups is 3. The van der Waals surface area contributed by atoms with E-state index in [9.17, 15) is 19.2 Å². The fourth-order valence-electron chi connectivity index (χ4n) is 8.26. The molecule has 49 heavy (non-hydrogen) atoms. The molecule has 3 amide bonds. The first-order valence-corrected chi connectivity index (χ1v) is 18.0. The lowest BCUT2D eigenvalue weighted by molar-refractivity contribution is -0.134. The van der Waals surface area contributed by atoms with Crippen molar-refractivity contribution in [3.63, 3.8) is 0 Å². The quantitative estimate of drug-likeness (QED) is 0.366. The SMILES string of the molecule is Cc1cc(N2CC3(CCN(C(=O)c4ccc([C@@H]5C[C@H](Nc6cnn(C)c(=O)c6Br)CN(C)C5)cc4)CC3)C2)ccc1C1CCC(=O)NC1=O. The molecule has 4 fully saturated rings. The molecule has 4 saturated heterocycles. The third-order valence-electron chi connectivity index (χ3n) is 11.1. The predicted molar refractivity (Wildman–Crippen MR) is 192 cm³/mol. The number of likely N-dealkylation sites (N-methyl/N-ethyl adjacent to an activating group) is 1. The van der Waals surface area contributed by atoms with Gasteiger partial charge in [0.25, 0.3) is 11.5 Å². The fraction of sp³-hybridized carbons (Fsp3) is 0.486. The summed E-state index contributed by atoms with van der Waals surface area (Å²) >= 11 is 3.43. The van der Waals surface area contributed by atoms with Crippen LogP contribution in [0.25, 0.3) is 0 Å². The normalized spacial score (nSPS) is 24.0. The van der Waals surface area contributed by atoms with E-state index < -0.39 is 0 Å². The molecule has 4 aliphatic rings. The first-order valence-electron chi connectivity index (χ1n) is 17.2. The van der Waals surface area contributed by atoms with Gasteiger partial charge in [0.1, 0.15) is 4.47 Å². The Balaban J connectivity index is 0.917. The van der Waals surface area contributed by atoms with Crippen molar-refractivity contribution in [2.75, 3.05) is 56.5 Å². The van der Waals surface area contributed by atoms with E-state index in [4.69, 9.17) is 0 Å². The number of nitrogens with zero attached hydrogens (tertiary/aromatic N) is 5. The number of rotatable bonds is 6. The Morgan fingerprint density at radius 1 is 1.02 bits per heavy atom. The number of halogens is 1. The van der Waals surface area contributed by atoms with Crippen LogP contribution in [0.1, 0.15) is 71.0 Å². The summed E-state index contributed by atoms with van der Waals surface area (Å²) in [7, 11) is 3.75. The number of likely N-dealkylation sites (tertiary alicyclic amines) is 2. The van der Waals surface area contributed by atoms with Crippen LogP contribution in [0.4, 0.5) is 11.4 Å². The summed E-state index contributed by atoms with van der Waals surface area (Å²) < 4.78 is 1.80.